The van der Waals surface area contributed by atoms with Gasteiger partial charge in [-0.2, -0.15) is 0 Å². The highest BCUT2D eigenvalue weighted by molar-refractivity contribution is 7.92. The van der Waals surface area contributed by atoms with E-state index in [1.165, 1.54) is 30.2 Å². The van der Waals surface area contributed by atoms with E-state index in [0.717, 1.165) is 46.7 Å². The summed E-state index contributed by atoms with van der Waals surface area (Å²) in [4.78, 5) is 30.4. The van der Waals surface area contributed by atoms with Gasteiger partial charge in [0, 0.05) is 24.0 Å². The highest BCUT2D eigenvalue weighted by Crippen LogP contribution is 2.35. The van der Waals surface area contributed by atoms with Gasteiger partial charge in [-0.1, -0.05) is 103 Å². The summed E-state index contributed by atoms with van der Waals surface area (Å²) >= 11 is 6.37. The molecule has 4 aromatic rings. The van der Waals surface area contributed by atoms with Crippen molar-refractivity contribution in [3.63, 3.8) is 0 Å². The van der Waals surface area contributed by atoms with Gasteiger partial charge in [0.15, 0.2) is 0 Å². The van der Waals surface area contributed by atoms with Crippen molar-refractivity contribution in [3.8, 4) is 5.75 Å². The maximum absolute atomic E-state index is 14.7. The van der Waals surface area contributed by atoms with E-state index in [2.05, 4.69) is 5.32 Å². The lowest BCUT2D eigenvalue weighted by Gasteiger charge is -2.34. The Morgan fingerprint density at radius 2 is 1.55 bits per heavy atom. The Morgan fingerprint density at radius 3 is 2.21 bits per heavy atom. The standard InChI is InChI=1S/C37H40ClN3O5S/c1-27-12-11-15-29(22-27)25-40(34(23-28-13-5-3-6-14-28)37(43)39-31-16-9-10-17-31)36(42)26-41(33-24-30(38)20-21-35(33)46-2)47(44,45)32-18-7-4-8-19-32/h3-8,11-15,18-22,24,31,34H,9-10,16-17,23,25-26H2,1-2H3,(H,39,43)/t34-/m0/s1. The summed E-state index contributed by atoms with van der Waals surface area (Å²) in [7, 11) is -2.86. The molecule has 0 aromatic heterocycles. The van der Waals surface area contributed by atoms with Gasteiger partial charge in [-0.05, 0) is 61.2 Å². The van der Waals surface area contributed by atoms with E-state index >= 15 is 0 Å². The highest BCUT2D eigenvalue weighted by atomic mass is 35.5. The van der Waals surface area contributed by atoms with E-state index in [9.17, 15) is 18.0 Å². The van der Waals surface area contributed by atoms with Crippen LogP contribution in [0.4, 0.5) is 5.69 Å². The fourth-order valence-corrected chi connectivity index (χ4v) is 7.62. The first-order valence-electron chi connectivity index (χ1n) is 15.8. The Labute approximate surface area is 282 Å². The number of carbonyl (C=O) groups is 2. The second-order valence-electron chi connectivity index (χ2n) is 11.8. The monoisotopic (exact) mass is 673 g/mol. The van der Waals surface area contributed by atoms with Crippen LogP contribution in [0.2, 0.25) is 5.02 Å². The fraction of sp³-hybridized carbons (Fsp3) is 0.297. The minimum Gasteiger partial charge on any atom is -0.495 e. The third kappa shape index (κ3) is 8.53. The van der Waals surface area contributed by atoms with Crippen molar-refractivity contribution in [2.75, 3.05) is 18.0 Å². The lowest BCUT2D eigenvalue weighted by molar-refractivity contribution is -0.140. The Bertz CT molecular complexity index is 1780. The van der Waals surface area contributed by atoms with E-state index in [-0.39, 0.29) is 46.3 Å². The molecule has 1 aliphatic carbocycles. The number of carbonyl (C=O) groups excluding carboxylic acids is 2. The molecule has 246 valence electrons. The highest BCUT2D eigenvalue weighted by Gasteiger charge is 2.36. The quantitative estimate of drug-likeness (QED) is 0.174. The number of nitrogens with one attached hydrogen (secondary N) is 1. The van der Waals surface area contributed by atoms with Gasteiger partial charge in [-0.15, -0.1) is 0 Å². The van der Waals surface area contributed by atoms with E-state index in [4.69, 9.17) is 16.3 Å². The predicted molar refractivity (Wildman–Crippen MR) is 185 cm³/mol. The van der Waals surface area contributed by atoms with Crippen molar-refractivity contribution in [3.05, 3.63) is 125 Å². The SMILES string of the molecule is COc1ccc(Cl)cc1N(CC(=O)N(Cc1cccc(C)c1)[C@@H](Cc1ccccc1)C(=O)NC1CCCC1)S(=O)(=O)c1ccccc1. The molecule has 0 saturated heterocycles. The summed E-state index contributed by atoms with van der Waals surface area (Å²) in [6, 6.07) is 28.9. The average Bonchev–Trinajstić information content (AvgIpc) is 3.59. The smallest absolute Gasteiger partial charge is 0.264 e. The number of nitrogens with zero attached hydrogens (tertiary/aromatic N) is 2. The molecule has 0 unspecified atom stereocenters. The van der Waals surface area contributed by atoms with Gasteiger partial charge in [0.05, 0.1) is 17.7 Å². The molecule has 10 heteroatoms. The van der Waals surface area contributed by atoms with Gasteiger partial charge in [0.2, 0.25) is 11.8 Å². The normalized spacial score (nSPS) is 13.9. The molecule has 0 bridgehead atoms. The topological polar surface area (TPSA) is 96.0 Å². The lowest BCUT2D eigenvalue weighted by Crippen LogP contribution is -2.54. The minimum absolute atomic E-state index is 0.000116. The molecule has 1 fully saturated rings. The Morgan fingerprint density at radius 1 is 0.894 bits per heavy atom. The Kier molecular flexibility index (Phi) is 11.2. The maximum atomic E-state index is 14.7. The number of amides is 2. The zero-order valence-electron chi connectivity index (χ0n) is 26.6. The number of rotatable bonds is 13. The molecular formula is C37H40ClN3O5S. The molecule has 47 heavy (non-hydrogen) atoms. The van der Waals surface area contributed by atoms with E-state index in [0.29, 0.717) is 0 Å². The molecule has 1 N–H and O–H groups in total. The van der Waals surface area contributed by atoms with Gasteiger partial charge in [-0.25, -0.2) is 8.42 Å². The number of ether oxygens (including phenoxy) is 1. The fourth-order valence-electron chi connectivity index (χ4n) is 6.02. The summed E-state index contributed by atoms with van der Waals surface area (Å²) in [6.07, 6.45) is 4.09. The average molecular weight is 674 g/mol. The van der Waals surface area contributed by atoms with Crippen LogP contribution in [0.5, 0.6) is 5.75 Å². The van der Waals surface area contributed by atoms with Crippen LogP contribution in [-0.2, 0) is 32.6 Å². The van der Waals surface area contributed by atoms with Gasteiger partial charge in [-0.3, -0.25) is 13.9 Å². The molecule has 1 atom stereocenters. The molecule has 1 aliphatic rings. The van der Waals surface area contributed by atoms with Crippen molar-refractivity contribution in [2.24, 2.45) is 0 Å². The molecule has 4 aromatic carbocycles. The summed E-state index contributed by atoms with van der Waals surface area (Å²) in [5.41, 5.74) is 2.82. The maximum Gasteiger partial charge on any atom is 0.264 e. The van der Waals surface area contributed by atoms with Gasteiger partial charge in [0.1, 0.15) is 18.3 Å². The number of benzene rings is 4. The molecular weight excluding hydrogens is 634 g/mol. The molecule has 1 saturated carbocycles. The van der Waals surface area contributed by atoms with Crippen LogP contribution in [0.15, 0.2) is 108 Å². The number of halogens is 1. The molecule has 2 amide bonds. The van der Waals surface area contributed by atoms with Crippen molar-refractivity contribution in [1.29, 1.82) is 0 Å². The molecule has 0 heterocycles. The zero-order chi connectivity index (χ0) is 33.4. The van der Waals surface area contributed by atoms with E-state index < -0.39 is 28.5 Å². The van der Waals surface area contributed by atoms with Crippen LogP contribution in [0.1, 0.15) is 42.4 Å². The summed E-state index contributed by atoms with van der Waals surface area (Å²) in [5.74, 6) is -0.582. The van der Waals surface area contributed by atoms with Crippen LogP contribution in [0.25, 0.3) is 0 Å². The third-order valence-corrected chi connectivity index (χ3v) is 10.4. The third-order valence-electron chi connectivity index (χ3n) is 8.43. The zero-order valence-corrected chi connectivity index (χ0v) is 28.2. The van der Waals surface area contributed by atoms with Crippen LogP contribution >= 0.6 is 11.6 Å². The van der Waals surface area contributed by atoms with Crippen LogP contribution in [0, 0.1) is 6.92 Å². The summed E-state index contributed by atoms with van der Waals surface area (Å²) in [6.45, 7) is 1.47. The lowest BCUT2D eigenvalue weighted by atomic mass is 10.0. The largest absolute Gasteiger partial charge is 0.495 e. The Balaban J connectivity index is 1.60. The molecule has 0 spiro atoms. The van der Waals surface area contributed by atoms with Crippen molar-refractivity contribution >= 4 is 39.1 Å². The minimum atomic E-state index is -4.29. The van der Waals surface area contributed by atoms with Crippen LogP contribution in [-0.4, -0.2) is 50.9 Å². The van der Waals surface area contributed by atoms with Gasteiger partial charge >= 0.3 is 0 Å². The van der Waals surface area contributed by atoms with Crippen molar-refractivity contribution in [2.45, 2.75) is 62.6 Å². The summed E-state index contributed by atoms with van der Waals surface area (Å²) in [5, 5.41) is 3.47. The number of methoxy groups -OCH3 is 1. The number of anilines is 1. The number of hydrogen-bond acceptors (Lipinski definition) is 5. The second kappa shape index (κ2) is 15.5. The first-order valence-corrected chi connectivity index (χ1v) is 17.6. The first kappa shape index (κ1) is 34.0. The van der Waals surface area contributed by atoms with Gasteiger partial charge in [0.25, 0.3) is 10.0 Å². The molecule has 8 nitrogen and oxygen atoms in total. The van der Waals surface area contributed by atoms with Crippen LogP contribution < -0.4 is 14.4 Å². The molecule has 0 radical (unpaired) electrons. The predicted octanol–water partition coefficient (Wildman–Crippen LogP) is 6.55. The van der Waals surface area contributed by atoms with Crippen molar-refractivity contribution < 1.29 is 22.7 Å². The molecule has 0 aliphatic heterocycles. The second-order valence-corrected chi connectivity index (χ2v) is 14.1. The number of sulfonamides is 1. The number of aryl methyl sites for hydroxylation is 1. The molecule has 5 rings (SSSR count). The summed E-state index contributed by atoms with van der Waals surface area (Å²) < 4.78 is 35.1. The van der Waals surface area contributed by atoms with E-state index in [1.807, 2.05) is 61.5 Å². The Hall–Kier alpha value is -4.34. The first-order chi connectivity index (χ1) is 22.7. The van der Waals surface area contributed by atoms with Crippen molar-refractivity contribution in [1.82, 2.24) is 10.2 Å². The number of hydrogen-bond donors (Lipinski definition) is 1. The van der Waals surface area contributed by atoms with Gasteiger partial charge < -0.3 is 15.0 Å². The van der Waals surface area contributed by atoms with E-state index in [1.54, 1.807) is 30.3 Å². The van der Waals surface area contributed by atoms with Crippen LogP contribution in [0.3, 0.4) is 0 Å².